The number of rotatable bonds is 3. The van der Waals surface area contributed by atoms with E-state index in [1.807, 2.05) is 26.4 Å². The van der Waals surface area contributed by atoms with Crippen molar-refractivity contribution in [2.24, 2.45) is 0 Å². The van der Waals surface area contributed by atoms with Gasteiger partial charge in [-0.15, -0.1) is 0 Å². The van der Waals surface area contributed by atoms with E-state index in [4.69, 9.17) is 0 Å². The highest BCUT2D eigenvalue weighted by Crippen LogP contribution is 2.16. The van der Waals surface area contributed by atoms with Crippen LogP contribution >= 0.6 is 0 Å². The second-order valence-electron chi connectivity index (χ2n) is 5.28. The van der Waals surface area contributed by atoms with Gasteiger partial charge < -0.3 is 4.90 Å². The molecule has 0 spiro atoms. The minimum absolute atomic E-state index is 0.977. The van der Waals surface area contributed by atoms with Gasteiger partial charge in [-0.2, -0.15) is 0 Å². The number of aromatic nitrogens is 1. The van der Waals surface area contributed by atoms with Crippen LogP contribution in [0.3, 0.4) is 0 Å². The molecule has 0 unspecified atom stereocenters. The fraction of sp³-hybridized carbons (Fsp3) is 0.105. The van der Waals surface area contributed by atoms with Crippen LogP contribution in [0, 0.1) is 0 Å². The van der Waals surface area contributed by atoms with Gasteiger partial charge in [-0.05, 0) is 35.2 Å². The van der Waals surface area contributed by atoms with Crippen molar-refractivity contribution in [3.8, 4) is 0 Å². The average molecular weight is 274 g/mol. The molecule has 0 bridgehead atoms. The molecule has 0 radical (unpaired) electrons. The molecular weight excluding hydrogens is 256 g/mol. The molecule has 0 atom stereocenters. The van der Waals surface area contributed by atoms with E-state index in [0.717, 1.165) is 5.69 Å². The molecule has 21 heavy (non-hydrogen) atoms. The van der Waals surface area contributed by atoms with E-state index in [-0.39, 0.29) is 0 Å². The molecule has 3 aromatic rings. The Morgan fingerprint density at radius 1 is 0.857 bits per heavy atom. The van der Waals surface area contributed by atoms with Crippen LogP contribution in [0.4, 0.5) is 5.69 Å². The number of anilines is 1. The van der Waals surface area contributed by atoms with Gasteiger partial charge in [0, 0.05) is 31.4 Å². The predicted molar refractivity (Wildman–Crippen MR) is 91.4 cm³/mol. The summed E-state index contributed by atoms with van der Waals surface area (Å²) in [4.78, 5) is 6.57. The van der Waals surface area contributed by atoms with Crippen molar-refractivity contribution >= 4 is 28.6 Å². The van der Waals surface area contributed by atoms with Gasteiger partial charge in [-0.25, -0.2) is 0 Å². The first kappa shape index (κ1) is 13.4. The Kier molecular flexibility index (Phi) is 3.69. The largest absolute Gasteiger partial charge is 0.378 e. The van der Waals surface area contributed by atoms with E-state index < -0.39 is 0 Å². The molecule has 1 aromatic heterocycles. The van der Waals surface area contributed by atoms with Crippen molar-refractivity contribution in [2.75, 3.05) is 19.0 Å². The van der Waals surface area contributed by atoms with Crippen molar-refractivity contribution in [1.82, 2.24) is 4.98 Å². The van der Waals surface area contributed by atoms with Gasteiger partial charge >= 0.3 is 0 Å². The van der Waals surface area contributed by atoms with Crippen molar-refractivity contribution < 1.29 is 0 Å². The van der Waals surface area contributed by atoms with Crippen molar-refractivity contribution in [3.63, 3.8) is 0 Å². The molecule has 0 aliphatic rings. The van der Waals surface area contributed by atoms with Gasteiger partial charge in [-0.3, -0.25) is 4.98 Å². The number of hydrogen-bond acceptors (Lipinski definition) is 2. The average Bonchev–Trinajstić information content (AvgIpc) is 2.53. The summed E-state index contributed by atoms with van der Waals surface area (Å²) in [6.07, 6.45) is 6.07. The lowest BCUT2D eigenvalue weighted by atomic mass is 10.1. The van der Waals surface area contributed by atoms with Crippen LogP contribution in [-0.2, 0) is 0 Å². The Bertz CT molecular complexity index is 771. The summed E-state index contributed by atoms with van der Waals surface area (Å²) in [6, 6.07) is 18.9. The van der Waals surface area contributed by atoms with Crippen LogP contribution < -0.4 is 4.90 Å². The lowest BCUT2D eigenvalue weighted by molar-refractivity contribution is 1.13. The number of hydrogen-bond donors (Lipinski definition) is 0. The van der Waals surface area contributed by atoms with E-state index >= 15 is 0 Å². The third-order valence-corrected chi connectivity index (χ3v) is 3.51. The Morgan fingerprint density at radius 3 is 2.29 bits per heavy atom. The first-order chi connectivity index (χ1) is 10.2. The Labute approximate surface area is 125 Å². The number of fused-ring (bicyclic) bond motifs is 1. The zero-order chi connectivity index (χ0) is 14.7. The van der Waals surface area contributed by atoms with E-state index in [1.165, 1.54) is 22.0 Å². The molecule has 3 rings (SSSR count). The summed E-state index contributed by atoms with van der Waals surface area (Å²) in [6.45, 7) is 0. The van der Waals surface area contributed by atoms with Crippen molar-refractivity contribution in [2.45, 2.75) is 0 Å². The second-order valence-corrected chi connectivity index (χ2v) is 5.28. The number of nitrogens with zero attached hydrogens (tertiary/aromatic N) is 2. The van der Waals surface area contributed by atoms with Gasteiger partial charge in [0.1, 0.15) is 0 Å². The third-order valence-electron chi connectivity index (χ3n) is 3.51. The fourth-order valence-electron chi connectivity index (χ4n) is 2.26. The number of pyridine rings is 1. The lowest BCUT2D eigenvalue weighted by Gasteiger charge is -2.11. The smallest absolute Gasteiger partial charge is 0.0636 e. The second kappa shape index (κ2) is 5.80. The molecule has 0 aliphatic carbocycles. The zero-order valence-corrected chi connectivity index (χ0v) is 12.3. The van der Waals surface area contributed by atoms with Crippen LogP contribution in [-0.4, -0.2) is 19.1 Å². The quantitative estimate of drug-likeness (QED) is 0.700. The molecule has 0 N–H and O–H groups in total. The summed E-state index contributed by atoms with van der Waals surface area (Å²) in [5.41, 5.74) is 3.36. The van der Waals surface area contributed by atoms with Gasteiger partial charge in [0.25, 0.3) is 0 Å². The zero-order valence-electron chi connectivity index (χ0n) is 12.3. The number of benzene rings is 2. The summed E-state index contributed by atoms with van der Waals surface area (Å²) < 4.78 is 0. The highest BCUT2D eigenvalue weighted by atomic mass is 15.1. The van der Waals surface area contributed by atoms with Crippen LogP contribution in [0.2, 0.25) is 0 Å². The van der Waals surface area contributed by atoms with E-state index in [1.54, 1.807) is 0 Å². The predicted octanol–water partition coefficient (Wildman–Crippen LogP) is 4.47. The maximum atomic E-state index is 4.47. The normalized spacial score (nSPS) is 11.1. The molecule has 1 heterocycles. The molecule has 2 nitrogen and oxygen atoms in total. The SMILES string of the molecule is CN(C)c1ccc(/C=C/c2cc3ccccc3cn2)cc1. The fourth-order valence-corrected chi connectivity index (χ4v) is 2.26. The Morgan fingerprint density at radius 2 is 1.57 bits per heavy atom. The van der Waals surface area contributed by atoms with Gasteiger partial charge in [-0.1, -0.05) is 42.5 Å². The van der Waals surface area contributed by atoms with Crippen LogP contribution in [0.1, 0.15) is 11.3 Å². The summed E-state index contributed by atoms with van der Waals surface area (Å²) in [5.74, 6) is 0. The van der Waals surface area contributed by atoms with Crippen LogP contribution in [0.5, 0.6) is 0 Å². The van der Waals surface area contributed by atoms with E-state index in [2.05, 4.69) is 70.6 Å². The molecule has 104 valence electrons. The highest BCUT2D eigenvalue weighted by molar-refractivity contribution is 5.84. The van der Waals surface area contributed by atoms with Gasteiger partial charge in [0.15, 0.2) is 0 Å². The Balaban J connectivity index is 1.83. The van der Waals surface area contributed by atoms with Crippen molar-refractivity contribution in [1.29, 1.82) is 0 Å². The lowest BCUT2D eigenvalue weighted by Crippen LogP contribution is -2.07. The molecule has 0 saturated carbocycles. The van der Waals surface area contributed by atoms with Crippen LogP contribution in [0.15, 0.2) is 60.8 Å². The van der Waals surface area contributed by atoms with E-state index in [0.29, 0.717) is 0 Å². The van der Waals surface area contributed by atoms with Crippen molar-refractivity contribution in [3.05, 3.63) is 72.1 Å². The molecule has 0 amide bonds. The standard InChI is InChI=1S/C19H18N2/c1-21(2)19-11-8-15(9-12-19)7-10-18-13-16-5-3-4-6-17(16)14-20-18/h3-14H,1-2H3/b10-7+. The molecule has 2 aromatic carbocycles. The van der Waals surface area contributed by atoms with E-state index in [9.17, 15) is 0 Å². The third kappa shape index (κ3) is 3.11. The van der Waals surface area contributed by atoms with Gasteiger partial charge in [0.05, 0.1) is 5.69 Å². The first-order valence-corrected chi connectivity index (χ1v) is 7.03. The highest BCUT2D eigenvalue weighted by Gasteiger charge is 1.96. The van der Waals surface area contributed by atoms with Crippen LogP contribution in [0.25, 0.3) is 22.9 Å². The first-order valence-electron chi connectivity index (χ1n) is 7.03. The monoisotopic (exact) mass is 274 g/mol. The van der Waals surface area contributed by atoms with Gasteiger partial charge in [0.2, 0.25) is 0 Å². The molecular formula is C19H18N2. The molecule has 2 heteroatoms. The summed E-state index contributed by atoms with van der Waals surface area (Å²) in [7, 11) is 4.09. The molecule has 0 aliphatic heterocycles. The minimum Gasteiger partial charge on any atom is -0.378 e. The Hall–Kier alpha value is -2.61. The summed E-state index contributed by atoms with van der Waals surface area (Å²) in [5, 5.41) is 2.39. The molecule has 0 fully saturated rings. The maximum Gasteiger partial charge on any atom is 0.0636 e. The topological polar surface area (TPSA) is 16.1 Å². The molecule has 0 saturated heterocycles. The summed E-state index contributed by atoms with van der Waals surface area (Å²) >= 11 is 0. The maximum absolute atomic E-state index is 4.47. The minimum atomic E-state index is 0.977.